The summed E-state index contributed by atoms with van der Waals surface area (Å²) in [6.45, 7) is 5.13. The average molecular weight is 354 g/mol. The molecule has 2 atom stereocenters. The topological polar surface area (TPSA) is 38.3 Å². The number of benzene rings is 2. The number of amides is 1. The summed E-state index contributed by atoms with van der Waals surface area (Å²) in [5.41, 5.74) is 1.29. The number of hydrogen-bond acceptors (Lipinski definition) is 2. The SMILES string of the molecule is Cc1cc(Cl)ccc1O[C@H](C)C(=O)N[C@@H](C)c1ccc(F)c(F)c1. The van der Waals surface area contributed by atoms with E-state index in [4.69, 9.17) is 16.3 Å². The van der Waals surface area contributed by atoms with Crippen molar-refractivity contribution in [1.29, 1.82) is 0 Å². The zero-order valence-electron chi connectivity index (χ0n) is 13.6. The van der Waals surface area contributed by atoms with E-state index < -0.39 is 23.8 Å². The normalized spacial score (nSPS) is 13.2. The minimum absolute atomic E-state index is 0.360. The number of aryl methyl sites for hydroxylation is 1. The number of halogens is 3. The Bertz CT molecular complexity index is 752. The monoisotopic (exact) mass is 353 g/mol. The summed E-state index contributed by atoms with van der Waals surface area (Å²) in [6.07, 6.45) is -0.752. The van der Waals surface area contributed by atoms with Gasteiger partial charge in [0.1, 0.15) is 5.75 Å². The number of rotatable bonds is 5. The van der Waals surface area contributed by atoms with Crippen molar-refractivity contribution >= 4 is 17.5 Å². The smallest absolute Gasteiger partial charge is 0.261 e. The number of ether oxygens (including phenoxy) is 1. The number of nitrogens with one attached hydrogen (secondary N) is 1. The molecule has 0 heterocycles. The van der Waals surface area contributed by atoms with Gasteiger partial charge in [-0.1, -0.05) is 17.7 Å². The second-order valence-corrected chi connectivity index (χ2v) is 6.01. The fraction of sp³-hybridized carbons (Fsp3) is 0.278. The molecule has 1 amide bonds. The van der Waals surface area contributed by atoms with E-state index in [1.165, 1.54) is 6.07 Å². The predicted molar refractivity (Wildman–Crippen MR) is 89.2 cm³/mol. The number of hydrogen-bond donors (Lipinski definition) is 1. The van der Waals surface area contributed by atoms with Crippen molar-refractivity contribution in [3.8, 4) is 5.75 Å². The lowest BCUT2D eigenvalue weighted by Crippen LogP contribution is -2.37. The zero-order valence-corrected chi connectivity index (χ0v) is 14.3. The van der Waals surface area contributed by atoms with Crippen LogP contribution in [0.15, 0.2) is 36.4 Å². The third-order valence-corrected chi connectivity index (χ3v) is 3.85. The van der Waals surface area contributed by atoms with Crippen LogP contribution in [0.25, 0.3) is 0 Å². The van der Waals surface area contributed by atoms with Crippen LogP contribution in [-0.4, -0.2) is 12.0 Å². The van der Waals surface area contributed by atoms with Crippen LogP contribution in [0.1, 0.15) is 31.0 Å². The number of carbonyl (C=O) groups excluding carboxylic acids is 1. The van der Waals surface area contributed by atoms with E-state index in [0.29, 0.717) is 16.3 Å². The van der Waals surface area contributed by atoms with Gasteiger partial charge in [0.05, 0.1) is 6.04 Å². The minimum atomic E-state index is -0.949. The third-order valence-electron chi connectivity index (χ3n) is 3.61. The van der Waals surface area contributed by atoms with Crippen LogP contribution in [0.5, 0.6) is 5.75 Å². The van der Waals surface area contributed by atoms with Gasteiger partial charge in [-0.15, -0.1) is 0 Å². The molecule has 1 N–H and O–H groups in total. The Labute approximate surface area is 144 Å². The standard InChI is InChI=1S/C18H18ClF2NO2/c1-10-8-14(19)5-7-17(10)24-12(3)18(23)22-11(2)13-4-6-15(20)16(21)9-13/h4-9,11-12H,1-3H3,(H,22,23)/t11-,12+/m0/s1. The van der Waals surface area contributed by atoms with Gasteiger partial charge in [-0.25, -0.2) is 8.78 Å². The Kier molecular flexibility index (Phi) is 5.78. The molecule has 2 aromatic carbocycles. The molecule has 0 spiro atoms. The van der Waals surface area contributed by atoms with Gasteiger partial charge in [-0.2, -0.15) is 0 Å². The average Bonchev–Trinajstić information content (AvgIpc) is 2.52. The Morgan fingerprint density at radius 3 is 2.46 bits per heavy atom. The van der Waals surface area contributed by atoms with Gasteiger partial charge in [0.15, 0.2) is 17.7 Å². The molecular formula is C18H18ClF2NO2. The molecular weight excluding hydrogens is 336 g/mol. The van der Waals surface area contributed by atoms with Crippen LogP contribution >= 0.6 is 11.6 Å². The van der Waals surface area contributed by atoms with E-state index in [-0.39, 0.29) is 5.91 Å². The van der Waals surface area contributed by atoms with E-state index in [1.807, 2.05) is 6.92 Å². The van der Waals surface area contributed by atoms with Gasteiger partial charge in [-0.3, -0.25) is 4.79 Å². The van der Waals surface area contributed by atoms with Gasteiger partial charge in [-0.05, 0) is 62.2 Å². The molecule has 128 valence electrons. The van der Waals surface area contributed by atoms with Crippen molar-refractivity contribution in [3.63, 3.8) is 0 Å². The van der Waals surface area contributed by atoms with Crippen LogP contribution in [-0.2, 0) is 4.79 Å². The largest absolute Gasteiger partial charge is 0.481 e. The minimum Gasteiger partial charge on any atom is -0.481 e. The van der Waals surface area contributed by atoms with Crippen LogP contribution < -0.4 is 10.1 Å². The molecule has 2 rings (SSSR count). The fourth-order valence-electron chi connectivity index (χ4n) is 2.18. The molecule has 24 heavy (non-hydrogen) atoms. The van der Waals surface area contributed by atoms with Crippen molar-refractivity contribution in [1.82, 2.24) is 5.32 Å². The predicted octanol–water partition coefficient (Wildman–Crippen LogP) is 4.57. The highest BCUT2D eigenvalue weighted by molar-refractivity contribution is 6.30. The van der Waals surface area contributed by atoms with Crippen LogP contribution in [0.2, 0.25) is 5.02 Å². The summed E-state index contributed by atoms with van der Waals surface area (Å²) in [4.78, 5) is 12.2. The first-order valence-electron chi connectivity index (χ1n) is 7.46. The number of carbonyl (C=O) groups is 1. The highest BCUT2D eigenvalue weighted by atomic mass is 35.5. The molecule has 0 aliphatic rings. The summed E-state index contributed by atoms with van der Waals surface area (Å²) >= 11 is 5.88. The molecule has 0 aromatic heterocycles. The summed E-state index contributed by atoms with van der Waals surface area (Å²) < 4.78 is 31.9. The molecule has 0 bridgehead atoms. The van der Waals surface area contributed by atoms with Crippen molar-refractivity contribution in [2.75, 3.05) is 0 Å². The van der Waals surface area contributed by atoms with Crippen molar-refractivity contribution in [3.05, 3.63) is 64.2 Å². The first-order chi connectivity index (χ1) is 11.3. The lowest BCUT2D eigenvalue weighted by Gasteiger charge is -2.20. The lowest BCUT2D eigenvalue weighted by molar-refractivity contribution is -0.127. The van der Waals surface area contributed by atoms with E-state index in [2.05, 4.69) is 5.32 Å². The van der Waals surface area contributed by atoms with E-state index in [1.54, 1.807) is 32.0 Å². The Morgan fingerprint density at radius 2 is 1.83 bits per heavy atom. The van der Waals surface area contributed by atoms with Gasteiger partial charge in [0.25, 0.3) is 5.91 Å². The van der Waals surface area contributed by atoms with E-state index in [9.17, 15) is 13.6 Å². The molecule has 0 unspecified atom stereocenters. The molecule has 0 saturated heterocycles. The van der Waals surface area contributed by atoms with Crippen molar-refractivity contribution < 1.29 is 18.3 Å². The summed E-state index contributed by atoms with van der Waals surface area (Å²) in [6, 6.07) is 8.16. The van der Waals surface area contributed by atoms with Crippen molar-refractivity contribution in [2.45, 2.75) is 32.9 Å². The van der Waals surface area contributed by atoms with Gasteiger partial charge in [0.2, 0.25) is 0 Å². The molecule has 0 radical (unpaired) electrons. The molecule has 0 aliphatic heterocycles. The Morgan fingerprint density at radius 1 is 1.12 bits per heavy atom. The van der Waals surface area contributed by atoms with Crippen LogP contribution in [0, 0.1) is 18.6 Å². The lowest BCUT2D eigenvalue weighted by atomic mass is 10.1. The fourth-order valence-corrected chi connectivity index (χ4v) is 2.41. The molecule has 0 aliphatic carbocycles. The Hall–Kier alpha value is -2.14. The third kappa shape index (κ3) is 4.45. The van der Waals surface area contributed by atoms with E-state index >= 15 is 0 Å². The highest BCUT2D eigenvalue weighted by Crippen LogP contribution is 2.23. The van der Waals surface area contributed by atoms with Gasteiger partial charge < -0.3 is 10.1 Å². The second kappa shape index (κ2) is 7.62. The van der Waals surface area contributed by atoms with Crippen molar-refractivity contribution in [2.24, 2.45) is 0 Å². The highest BCUT2D eigenvalue weighted by Gasteiger charge is 2.19. The first-order valence-corrected chi connectivity index (χ1v) is 7.84. The van der Waals surface area contributed by atoms with E-state index in [0.717, 1.165) is 17.7 Å². The maximum absolute atomic E-state index is 13.3. The summed E-state index contributed by atoms with van der Waals surface area (Å²) in [7, 11) is 0. The van der Waals surface area contributed by atoms with Crippen LogP contribution in [0.3, 0.4) is 0 Å². The maximum atomic E-state index is 13.3. The molecule has 2 aromatic rings. The molecule has 0 fully saturated rings. The summed E-state index contributed by atoms with van der Waals surface area (Å²) in [5.74, 6) is -1.68. The maximum Gasteiger partial charge on any atom is 0.261 e. The summed E-state index contributed by atoms with van der Waals surface area (Å²) in [5, 5.41) is 3.30. The Balaban J connectivity index is 2.01. The van der Waals surface area contributed by atoms with Gasteiger partial charge in [0, 0.05) is 5.02 Å². The quantitative estimate of drug-likeness (QED) is 0.855. The second-order valence-electron chi connectivity index (χ2n) is 5.57. The first kappa shape index (κ1) is 18.2. The zero-order chi connectivity index (χ0) is 17.9. The molecule has 6 heteroatoms. The molecule has 0 saturated carbocycles. The van der Waals surface area contributed by atoms with Gasteiger partial charge >= 0.3 is 0 Å². The van der Waals surface area contributed by atoms with Crippen LogP contribution in [0.4, 0.5) is 8.78 Å². The molecule has 3 nitrogen and oxygen atoms in total.